The van der Waals surface area contributed by atoms with Gasteiger partial charge in [0, 0.05) is 0 Å². The lowest BCUT2D eigenvalue weighted by atomic mass is 9.60. The van der Waals surface area contributed by atoms with Gasteiger partial charge in [0.1, 0.15) is 0 Å². The Kier molecular flexibility index (Phi) is 7.08. The normalized spacial score (nSPS) is 35.6. The van der Waals surface area contributed by atoms with Crippen molar-refractivity contribution in [2.45, 2.75) is 89.9 Å². The van der Waals surface area contributed by atoms with Gasteiger partial charge in [0.25, 0.3) is 0 Å². The molecule has 0 bridgehead atoms. The second-order valence-corrected chi connectivity index (χ2v) is 10.2. The van der Waals surface area contributed by atoms with Crippen LogP contribution in [0.4, 0.5) is 8.78 Å². The summed E-state index contributed by atoms with van der Waals surface area (Å²) < 4.78 is 26.9. The van der Waals surface area contributed by atoms with E-state index in [2.05, 4.69) is 19.1 Å². The first-order chi connectivity index (χ1) is 14.1. The van der Waals surface area contributed by atoms with Crippen molar-refractivity contribution in [3.8, 4) is 0 Å². The van der Waals surface area contributed by atoms with Crippen molar-refractivity contribution in [1.82, 2.24) is 0 Å². The minimum atomic E-state index is -0.723. The van der Waals surface area contributed by atoms with E-state index in [0.717, 1.165) is 41.6 Å². The quantitative estimate of drug-likeness (QED) is 0.435. The minimum Gasteiger partial charge on any atom is -0.204 e. The number of benzene rings is 1. The molecule has 0 saturated heterocycles. The topological polar surface area (TPSA) is 0 Å². The summed E-state index contributed by atoms with van der Waals surface area (Å²) >= 11 is 0. The van der Waals surface area contributed by atoms with Gasteiger partial charge in [-0.05, 0) is 124 Å². The van der Waals surface area contributed by atoms with Crippen LogP contribution < -0.4 is 0 Å². The summed E-state index contributed by atoms with van der Waals surface area (Å²) in [5.74, 6) is 3.58. The van der Waals surface area contributed by atoms with E-state index in [1.54, 1.807) is 0 Å². The Morgan fingerprint density at radius 2 is 1.45 bits per heavy atom. The molecule has 0 spiro atoms. The second-order valence-electron chi connectivity index (χ2n) is 10.2. The highest BCUT2D eigenvalue weighted by molar-refractivity contribution is 5.22. The third kappa shape index (κ3) is 5.12. The average Bonchev–Trinajstić information content (AvgIpc) is 2.75. The average molecular weight is 401 g/mol. The van der Waals surface area contributed by atoms with Crippen LogP contribution in [0.3, 0.4) is 0 Å². The molecule has 3 fully saturated rings. The van der Waals surface area contributed by atoms with Crippen LogP contribution in [0.15, 0.2) is 30.4 Å². The number of fused-ring (bicyclic) bond motifs is 1. The van der Waals surface area contributed by atoms with E-state index < -0.39 is 11.6 Å². The lowest BCUT2D eigenvalue weighted by Crippen LogP contribution is -2.34. The summed E-state index contributed by atoms with van der Waals surface area (Å²) in [4.78, 5) is 0. The summed E-state index contributed by atoms with van der Waals surface area (Å²) in [6.07, 6.45) is 20.8. The molecule has 0 N–H and O–H groups in total. The van der Waals surface area contributed by atoms with Gasteiger partial charge in [-0.3, -0.25) is 0 Å². The van der Waals surface area contributed by atoms with Crippen LogP contribution in [0, 0.1) is 41.2 Å². The van der Waals surface area contributed by atoms with Crippen molar-refractivity contribution in [3.05, 3.63) is 47.5 Å². The van der Waals surface area contributed by atoms with Crippen molar-refractivity contribution in [2.75, 3.05) is 0 Å². The first-order valence-corrected chi connectivity index (χ1v) is 12.2. The standard InChI is InChI=1S/C27H38F2/c1-2-3-4-5-19-6-8-20(9-7-19)21-10-11-23-17-24(13-12-22(23)16-21)25-14-15-26(28)27(29)18-25/h2-3,14-15,18-24H,4-13,16-17H2,1H3/b3-2+. The van der Waals surface area contributed by atoms with Gasteiger partial charge >= 0.3 is 0 Å². The monoisotopic (exact) mass is 400 g/mol. The Morgan fingerprint density at radius 3 is 2.17 bits per heavy atom. The SMILES string of the molecule is C/C=C/CCC1CCC(C2CCC3CC(c4ccc(F)c(F)c4)CCC3C2)CC1. The zero-order valence-electron chi connectivity index (χ0n) is 18.1. The fourth-order valence-corrected chi connectivity index (χ4v) is 6.87. The van der Waals surface area contributed by atoms with Crippen LogP contribution in [0.1, 0.15) is 95.5 Å². The third-order valence-electron chi connectivity index (χ3n) is 8.60. The fourth-order valence-electron chi connectivity index (χ4n) is 6.87. The maximum absolute atomic E-state index is 13.7. The van der Waals surface area contributed by atoms with Crippen LogP contribution in [0.5, 0.6) is 0 Å². The zero-order valence-corrected chi connectivity index (χ0v) is 18.1. The molecule has 0 radical (unpaired) electrons. The zero-order chi connectivity index (χ0) is 20.2. The van der Waals surface area contributed by atoms with Crippen molar-refractivity contribution < 1.29 is 8.78 Å². The van der Waals surface area contributed by atoms with Gasteiger partial charge < -0.3 is 0 Å². The molecule has 0 heterocycles. The molecule has 0 aromatic heterocycles. The predicted molar refractivity (Wildman–Crippen MR) is 117 cm³/mol. The summed E-state index contributed by atoms with van der Waals surface area (Å²) in [5.41, 5.74) is 1.01. The number of hydrogen-bond acceptors (Lipinski definition) is 0. The van der Waals surface area contributed by atoms with Crippen molar-refractivity contribution >= 4 is 0 Å². The fraction of sp³-hybridized carbons (Fsp3) is 0.704. The smallest absolute Gasteiger partial charge is 0.159 e. The number of allylic oxidation sites excluding steroid dienone is 2. The van der Waals surface area contributed by atoms with Crippen LogP contribution in [0.2, 0.25) is 0 Å². The third-order valence-corrected chi connectivity index (χ3v) is 8.60. The molecule has 4 rings (SSSR count). The molecule has 0 nitrogen and oxygen atoms in total. The summed E-state index contributed by atoms with van der Waals surface area (Å²) in [5, 5.41) is 0. The highest BCUT2D eigenvalue weighted by Crippen LogP contribution is 2.51. The minimum absolute atomic E-state index is 0.426. The molecule has 3 aliphatic carbocycles. The number of hydrogen-bond donors (Lipinski definition) is 0. The molecule has 29 heavy (non-hydrogen) atoms. The highest BCUT2D eigenvalue weighted by Gasteiger charge is 2.39. The van der Waals surface area contributed by atoms with Gasteiger partial charge in [-0.1, -0.05) is 31.1 Å². The lowest BCUT2D eigenvalue weighted by molar-refractivity contribution is 0.0713. The molecule has 3 saturated carbocycles. The molecule has 0 aliphatic heterocycles. The van der Waals surface area contributed by atoms with Crippen LogP contribution >= 0.6 is 0 Å². The molecule has 4 unspecified atom stereocenters. The number of rotatable bonds is 5. The Bertz CT molecular complexity index is 686. The van der Waals surface area contributed by atoms with E-state index >= 15 is 0 Å². The van der Waals surface area contributed by atoms with E-state index in [4.69, 9.17) is 0 Å². The van der Waals surface area contributed by atoms with Gasteiger partial charge in [0.05, 0.1) is 0 Å². The molecule has 1 aromatic rings. The lowest BCUT2D eigenvalue weighted by Gasteiger charge is -2.45. The first-order valence-electron chi connectivity index (χ1n) is 12.2. The van der Waals surface area contributed by atoms with E-state index in [1.807, 2.05) is 6.07 Å². The molecule has 3 aliphatic rings. The Hall–Kier alpha value is -1.18. The summed E-state index contributed by atoms with van der Waals surface area (Å²) in [7, 11) is 0. The molecule has 2 heteroatoms. The molecular weight excluding hydrogens is 362 g/mol. The van der Waals surface area contributed by atoms with Crippen LogP contribution in [0.25, 0.3) is 0 Å². The van der Waals surface area contributed by atoms with Crippen molar-refractivity contribution in [3.63, 3.8) is 0 Å². The molecule has 0 amide bonds. The van der Waals surface area contributed by atoms with E-state index in [9.17, 15) is 8.78 Å². The molecular formula is C27H38F2. The Balaban J connectivity index is 1.26. The van der Waals surface area contributed by atoms with E-state index in [0.29, 0.717) is 5.92 Å². The van der Waals surface area contributed by atoms with E-state index in [1.165, 1.54) is 82.8 Å². The van der Waals surface area contributed by atoms with Gasteiger partial charge in [-0.2, -0.15) is 0 Å². The molecule has 1 aromatic carbocycles. The predicted octanol–water partition coefficient (Wildman–Crippen LogP) is 8.43. The first kappa shape index (κ1) is 21.1. The molecule has 160 valence electrons. The summed E-state index contributed by atoms with van der Waals surface area (Å²) in [6.45, 7) is 2.12. The van der Waals surface area contributed by atoms with Gasteiger partial charge in [0.2, 0.25) is 0 Å². The van der Waals surface area contributed by atoms with Crippen molar-refractivity contribution in [1.29, 1.82) is 0 Å². The van der Waals surface area contributed by atoms with Gasteiger partial charge in [0.15, 0.2) is 11.6 Å². The second kappa shape index (κ2) is 9.75. The Labute approximate surface area is 176 Å². The molecule has 4 atom stereocenters. The van der Waals surface area contributed by atoms with E-state index in [-0.39, 0.29) is 0 Å². The maximum Gasteiger partial charge on any atom is 0.159 e. The largest absolute Gasteiger partial charge is 0.204 e. The summed E-state index contributed by atoms with van der Waals surface area (Å²) in [6, 6.07) is 4.56. The maximum atomic E-state index is 13.7. The van der Waals surface area contributed by atoms with Gasteiger partial charge in [-0.25, -0.2) is 8.78 Å². The van der Waals surface area contributed by atoms with Crippen LogP contribution in [-0.2, 0) is 0 Å². The highest BCUT2D eigenvalue weighted by atomic mass is 19.2. The van der Waals surface area contributed by atoms with Gasteiger partial charge in [-0.15, -0.1) is 0 Å². The Morgan fingerprint density at radius 1 is 0.793 bits per heavy atom. The van der Waals surface area contributed by atoms with Crippen molar-refractivity contribution in [2.24, 2.45) is 29.6 Å². The van der Waals surface area contributed by atoms with Crippen LogP contribution in [-0.4, -0.2) is 0 Å². The number of halogens is 2.